The smallest absolute Gasteiger partial charge is 0.243 e. The number of carbonyl (C=O) groups is 1. The topological polar surface area (TPSA) is 69.1 Å². The van der Waals surface area contributed by atoms with Gasteiger partial charge in [0.2, 0.25) is 5.91 Å². The average molecular weight is 180 g/mol. The van der Waals surface area contributed by atoms with Crippen LogP contribution in [0.3, 0.4) is 0 Å². The lowest BCUT2D eigenvalue weighted by Gasteiger charge is -1.99. The zero-order valence-corrected chi connectivity index (χ0v) is 6.83. The molecule has 0 saturated heterocycles. The summed E-state index contributed by atoms with van der Waals surface area (Å²) >= 11 is 0. The van der Waals surface area contributed by atoms with Gasteiger partial charge in [-0.2, -0.15) is 0 Å². The van der Waals surface area contributed by atoms with Crippen LogP contribution in [0, 0.1) is 5.82 Å². The Morgan fingerprint density at radius 1 is 1.23 bits per heavy atom. The molecule has 0 bridgehead atoms. The zero-order chi connectivity index (χ0) is 9.84. The summed E-state index contributed by atoms with van der Waals surface area (Å²) in [4.78, 5) is 10.4. The van der Waals surface area contributed by atoms with Crippen LogP contribution >= 0.6 is 0 Å². The fourth-order valence-corrected chi connectivity index (χ4v) is 0.879. The molecule has 0 spiro atoms. The molecule has 0 atom stereocenters. The van der Waals surface area contributed by atoms with Crippen LogP contribution in [0.2, 0.25) is 0 Å². The van der Waals surface area contributed by atoms with E-state index in [1.54, 1.807) is 0 Å². The van der Waals surface area contributed by atoms with E-state index in [2.05, 4.69) is 0 Å². The maximum atomic E-state index is 12.5. The van der Waals surface area contributed by atoms with Crippen LogP contribution in [-0.2, 0) is 4.79 Å². The highest BCUT2D eigenvalue weighted by atomic mass is 19.1. The molecule has 4 heteroatoms. The molecule has 0 aliphatic carbocycles. The molecule has 0 unspecified atom stereocenters. The first kappa shape index (κ1) is 9.25. The summed E-state index contributed by atoms with van der Waals surface area (Å²) in [6.07, 6.45) is 1.09. The molecule has 0 fully saturated rings. The minimum Gasteiger partial charge on any atom is -0.398 e. The molecule has 4 N–H and O–H groups in total. The van der Waals surface area contributed by atoms with Crippen molar-refractivity contribution >= 4 is 11.6 Å². The summed E-state index contributed by atoms with van der Waals surface area (Å²) in [6, 6.07) is 5.47. The van der Waals surface area contributed by atoms with Gasteiger partial charge >= 0.3 is 0 Å². The van der Waals surface area contributed by atoms with Gasteiger partial charge in [0.25, 0.3) is 0 Å². The molecule has 0 aliphatic heterocycles. The Balaban J connectivity index is 2.96. The van der Waals surface area contributed by atoms with Crippen molar-refractivity contribution in [1.82, 2.24) is 0 Å². The van der Waals surface area contributed by atoms with Crippen molar-refractivity contribution in [3.63, 3.8) is 0 Å². The number of primary amides is 1. The van der Waals surface area contributed by atoms with Crippen LogP contribution in [0.25, 0.3) is 5.70 Å². The lowest BCUT2D eigenvalue weighted by molar-refractivity contribution is -0.113. The quantitative estimate of drug-likeness (QED) is 0.654. The molecule has 3 nitrogen and oxygen atoms in total. The number of nitrogens with two attached hydrogens (primary N) is 2. The molecule has 68 valence electrons. The van der Waals surface area contributed by atoms with Crippen molar-refractivity contribution in [1.29, 1.82) is 0 Å². The second-order valence-electron chi connectivity index (χ2n) is 2.51. The molecule has 0 heterocycles. The Morgan fingerprint density at radius 2 is 1.77 bits per heavy atom. The Morgan fingerprint density at radius 3 is 2.23 bits per heavy atom. The van der Waals surface area contributed by atoms with Crippen LogP contribution in [0.5, 0.6) is 0 Å². The Labute approximate surface area is 74.8 Å². The van der Waals surface area contributed by atoms with E-state index in [0.717, 1.165) is 6.08 Å². The third-order valence-electron chi connectivity index (χ3n) is 1.48. The van der Waals surface area contributed by atoms with Gasteiger partial charge in [-0.1, -0.05) is 12.1 Å². The van der Waals surface area contributed by atoms with E-state index in [1.165, 1.54) is 24.3 Å². The molecule has 1 aromatic carbocycles. The Kier molecular flexibility index (Phi) is 2.64. The second kappa shape index (κ2) is 3.71. The van der Waals surface area contributed by atoms with Crippen LogP contribution in [0.4, 0.5) is 4.39 Å². The van der Waals surface area contributed by atoms with Gasteiger partial charge in [0, 0.05) is 11.8 Å². The van der Waals surface area contributed by atoms with Crippen molar-refractivity contribution < 1.29 is 9.18 Å². The summed E-state index contributed by atoms with van der Waals surface area (Å²) in [7, 11) is 0. The fraction of sp³-hybridized carbons (Fsp3) is 0. The molecular formula is C9H9FN2O. The summed E-state index contributed by atoms with van der Waals surface area (Å²) in [5, 5.41) is 0. The number of halogens is 1. The minimum absolute atomic E-state index is 0.229. The molecule has 0 radical (unpaired) electrons. The predicted molar refractivity (Wildman–Crippen MR) is 47.8 cm³/mol. The maximum Gasteiger partial charge on any atom is 0.243 e. The first-order chi connectivity index (χ1) is 6.09. The summed E-state index contributed by atoms with van der Waals surface area (Å²) in [6.45, 7) is 0. The van der Waals surface area contributed by atoms with Gasteiger partial charge in [-0.3, -0.25) is 4.79 Å². The third-order valence-corrected chi connectivity index (χ3v) is 1.48. The molecule has 0 aromatic heterocycles. The number of amides is 1. The van der Waals surface area contributed by atoms with Crippen molar-refractivity contribution in [2.45, 2.75) is 0 Å². The lowest BCUT2D eigenvalue weighted by Crippen LogP contribution is -2.09. The predicted octanol–water partition coefficient (Wildman–Crippen LogP) is 0.611. The Bertz CT molecular complexity index is 343. The average Bonchev–Trinajstić information content (AvgIpc) is 2.04. The first-order valence-electron chi connectivity index (χ1n) is 3.62. The highest BCUT2D eigenvalue weighted by molar-refractivity contribution is 5.93. The molecular weight excluding hydrogens is 171 g/mol. The van der Waals surface area contributed by atoms with Crippen LogP contribution in [-0.4, -0.2) is 5.91 Å². The van der Waals surface area contributed by atoms with Gasteiger partial charge < -0.3 is 11.5 Å². The monoisotopic (exact) mass is 180 g/mol. The van der Waals surface area contributed by atoms with E-state index in [-0.39, 0.29) is 11.5 Å². The van der Waals surface area contributed by atoms with Gasteiger partial charge in [0.15, 0.2) is 0 Å². The second-order valence-corrected chi connectivity index (χ2v) is 2.51. The fourth-order valence-electron chi connectivity index (χ4n) is 0.879. The van der Waals surface area contributed by atoms with Crippen molar-refractivity contribution in [3.8, 4) is 0 Å². The van der Waals surface area contributed by atoms with E-state index in [9.17, 15) is 9.18 Å². The number of hydrogen-bond donors (Lipinski definition) is 2. The van der Waals surface area contributed by atoms with Crippen molar-refractivity contribution in [3.05, 3.63) is 41.7 Å². The van der Waals surface area contributed by atoms with Gasteiger partial charge in [0.05, 0.1) is 0 Å². The highest BCUT2D eigenvalue weighted by Crippen LogP contribution is 2.09. The highest BCUT2D eigenvalue weighted by Gasteiger charge is 1.97. The van der Waals surface area contributed by atoms with Gasteiger partial charge in [0.1, 0.15) is 5.82 Å². The molecule has 13 heavy (non-hydrogen) atoms. The Hall–Kier alpha value is -1.84. The van der Waals surface area contributed by atoms with Gasteiger partial charge in [-0.25, -0.2) is 4.39 Å². The van der Waals surface area contributed by atoms with Crippen LogP contribution in [0.1, 0.15) is 5.56 Å². The van der Waals surface area contributed by atoms with Gasteiger partial charge in [-0.15, -0.1) is 0 Å². The summed E-state index contributed by atoms with van der Waals surface area (Å²) < 4.78 is 12.5. The molecule has 0 aliphatic rings. The normalized spacial score (nSPS) is 11.3. The number of hydrogen-bond acceptors (Lipinski definition) is 2. The van der Waals surface area contributed by atoms with E-state index in [4.69, 9.17) is 11.5 Å². The van der Waals surface area contributed by atoms with E-state index < -0.39 is 5.91 Å². The van der Waals surface area contributed by atoms with E-state index >= 15 is 0 Å². The standard InChI is InChI=1S/C9H9FN2O/c10-7-3-1-6(2-4-7)8(11)5-9(12)13/h1-5H,11H2,(H2,12,13). The van der Waals surface area contributed by atoms with Crippen LogP contribution in [0.15, 0.2) is 30.3 Å². The summed E-state index contributed by atoms with van der Waals surface area (Å²) in [5.41, 5.74) is 11.2. The summed E-state index contributed by atoms with van der Waals surface area (Å²) in [5.74, 6) is -0.975. The zero-order valence-electron chi connectivity index (χ0n) is 6.83. The van der Waals surface area contributed by atoms with E-state index in [0.29, 0.717) is 5.56 Å². The number of carbonyl (C=O) groups excluding carboxylic acids is 1. The lowest BCUT2D eigenvalue weighted by atomic mass is 10.1. The SMILES string of the molecule is NC(=O)C=C(N)c1ccc(F)cc1. The minimum atomic E-state index is -0.623. The van der Waals surface area contributed by atoms with E-state index in [1.807, 2.05) is 0 Å². The first-order valence-corrected chi connectivity index (χ1v) is 3.62. The van der Waals surface area contributed by atoms with Crippen molar-refractivity contribution in [2.24, 2.45) is 11.5 Å². The maximum absolute atomic E-state index is 12.5. The van der Waals surface area contributed by atoms with Gasteiger partial charge in [-0.05, 0) is 17.7 Å². The number of benzene rings is 1. The third kappa shape index (κ3) is 2.59. The molecule has 0 saturated carbocycles. The number of rotatable bonds is 2. The molecule has 1 rings (SSSR count). The molecule has 1 aromatic rings. The molecule has 1 amide bonds. The van der Waals surface area contributed by atoms with Crippen LogP contribution < -0.4 is 11.5 Å². The van der Waals surface area contributed by atoms with Crippen molar-refractivity contribution in [2.75, 3.05) is 0 Å². The largest absolute Gasteiger partial charge is 0.398 e.